The Morgan fingerprint density at radius 3 is 2.68 bits per heavy atom. The van der Waals surface area contributed by atoms with Crippen molar-refractivity contribution in [1.82, 2.24) is 4.90 Å². The van der Waals surface area contributed by atoms with Gasteiger partial charge in [0.05, 0.1) is 23.6 Å². The quantitative estimate of drug-likeness (QED) is 0.812. The van der Waals surface area contributed by atoms with Crippen LogP contribution in [-0.4, -0.2) is 24.4 Å². The molecule has 0 unspecified atom stereocenters. The van der Waals surface area contributed by atoms with Gasteiger partial charge in [-0.3, -0.25) is 4.79 Å². The fourth-order valence-corrected chi connectivity index (χ4v) is 2.39. The van der Waals surface area contributed by atoms with E-state index in [9.17, 15) is 4.79 Å². The van der Waals surface area contributed by atoms with Crippen molar-refractivity contribution < 1.29 is 9.53 Å². The lowest BCUT2D eigenvalue weighted by atomic mass is 10.1. The second-order valence-corrected chi connectivity index (χ2v) is 5.80. The molecule has 0 bridgehead atoms. The Kier molecular flexibility index (Phi) is 6.14. The molecule has 0 saturated heterocycles. The smallest absolute Gasteiger partial charge is 0.253 e. The summed E-state index contributed by atoms with van der Waals surface area (Å²) in [7, 11) is 1.67. The van der Waals surface area contributed by atoms with Crippen LogP contribution in [0.1, 0.15) is 28.4 Å². The summed E-state index contributed by atoms with van der Waals surface area (Å²) < 4.78 is 5.73. The molecule has 0 N–H and O–H groups in total. The van der Waals surface area contributed by atoms with Gasteiger partial charge in [-0.15, -0.1) is 0 Å². The summed E-state index contributed by atoms with van der Waals surface area (Å²) in [5.41, 5.74) is 1.86. The first-order valence-corrected chi connectivity index (χ1v) is 7.91. The largest absolute Gasteiger partial charge is 0.489 e. The first-order valence-electron chi connectivity index (χ1n) is 7.91. The van der Waals surface area contributed by atoms with Gasteiger partial charge in [0.25, 0.3) is 5.91 Å². The number of carbonyl (C=O) groups excluding carboxylic acids is 1. The van der Waals surface area contributed by atoms with E-state index >= 15 is 0 Å². The summed E-state index contributed by atoms with van der Waals surface area (Å²) in [4.78, 5) is 14.0. The van der Waals surface area contributed by atoms with Crippen molar-refractivity contribution in [3.05, 3.63) is 65.2 Å². The van der Waals surface area contributed by atoms with Gasteiger partial charge in [-0.05, 0) is 31.2 Å². The molecule has 2 rings (SSSR count). The Morgan fingerprint density at radius 1 is 1.20 bits per heavy atom. The Labute approximate surface area is 147 Å². The molecule has 126 valence electrons. The lowest BCUT2D eigenvalue weighted by Crippen LogP contribution is -2.30. The summed E-state index contributed by atoms with van der Waals surface area (Å²) in [6.45, 7) is 2.40. The molecule has 0 aliphatic rings. The Bertz CT molecular complexity index is 833. The van der Waals surface area contributed by atoms with Gasteiger partial charge in [0.1, 0.15) is 12.4 Å². The van der Waals surface area contributed by atoms with Crippen molar-refractivity contribution in [3.63, 3.8) is 0 Å². The summed E-state index contributed by atoms with van der Waals surface area (Å²) in [5.74, 6) is 0.168. The molecular formula is C20H19N3O2. The first-order chi connectivity index (χ1) is 12.0. The number of hydrogen-bond acceptors (Lipinski definition) is 4. The number of nitriles is 2. The molecule has 0 aliphatic heterocycles. The maximum atomic E-state index is 12.4. The van der Waals surface area contributed by atoms with Gasteiger partial charge in [0, 0.05) is 24.7 Å². The molecular weight excluding hydrogens is 314 g/mol. The highest BCUT2D eigenvalue weighted by Gasteiger charge is 2.15. The summed E-state index contributed by atoms with van der Waals surface area (Å²) in [5, 5.41) is 18.0. The highest BCUT2D eigenvalue weighted by molar-refractivity contribution is 5.94. The van der Waals surface area contributed by atoms with Gasteiger partial charge >= 0.3 is 0 Å². The highest BCUT2D eigenvalue weighted by Crippen LogP contribution is 2.18. The zero-order valence-electron chi connectivity index (χ0n) is 14.3. The number of carbonyl (C=O) groups is 1. The molecule has 25 heavy (non-hydrogen) atoms. The van der Waals surface area contributed by atoms with Gasteiger partial charge in [-0.25, -0.2) is 0 Å². The molecule has 0 fully saturated rings. The van der Waals surface area contributed by atoms with E-state index in [1.807, 2.05) is 12.1 Å². The highest BCUT2D eigenvalue weighted by atomic mass is 16.5. The van der Waals surface area contributed by atoms with E-state index < -0.39 is 0 Å². The molecule has 5 nitrogen and oxygen atoms in total. The SMILES string of the molecule is C[C@@H](C#N)CN(C)C(=O)c1cccc(OCc2ccccc2C#N)c1. The lowest BCUT2D eigenvalue weighted by molar-refractivity contribution is 0.0784. The van der Waals surface area contributed by atoms with Gasteiger partial charge in [-0.2, -0.15) is 10.5 Å². The monoisotopic (exact) mass is 333 g/mol. The molecule has 2 aromatic carbocycles. The van der Waals surface area contributed by atoms with E-state index in [-0.39, 0.29) is 18.4 Å². The predicted molar refractivity (Wildman–Crippen MR) is 93.7 cm³/mol. The van der Waals surface area contributed by atoms with Crippen LogP contribution in [0.3, 0.4) is 0 Å². The third-order valence-electron chi connectivity index (χ3n) is 3.73. The molecule has 0 radical (unpaired) electrons. The van der Waals surface area contributed by atoms with Gasteiger partial charge in [-0.1, -0.05) is 24.3 Å². The average Bonchev–Trinajstić information content (AvgIpc) is 2.65. The molecule has 0 spiro atoms. The van der Waals surface area contributed by atoms with Crippen molar-refractivity contribution in [2.75, 3.05) is 13.6 Å². The second kappa shape index (κ2) is 8.52. The van der Waals surface area contributed by atoms with E-state index in [1.54, 1.807) is 50.4 Å². The minimum Gasteiger partial charge on any atom is -0.489 e. The zero-order valence-corrected chi connectivity index (χ0v) is 14.3. The van der Waals surface area contributed by atoms with Crippen molar-refractivity contribution in [3.8, 4) is 17.9 Å². The fourth-order valence-electron chi connectivity index (χ4n) is 2.39. The van der Waals surface area contributed by atoms with Crippen LogP contribution in [-0.2, 0) is 6.61 Å². The minimum atomic E-state index is -0.226. The fraction of sp³-hybridized carbons (Fsp3) is 0.250. The van der Waals surface area contributed by atoms with Crippen LogP contribution in [0.15, 0.2) is 48.5 Å². The molecule has 5 heteroatoms. The van der Waals surface area contributed by atoms with Crippen LogP contribution in [0.25, 0.3) is 0 Å². The van der Waals surface area contributed by atoms with Crippen LogP contribution in [0.4, 0.5) is 0 Å². The van der Waals surface area contributed by atoms with Crippen molar-refractivity contribution in [2.24, 2.45) is 5.92 Å². The molecule has 0 heterocycles. The number of hydrogen-bond donors (Lipinski definition) is 0. The maximum absolute atomic E-state index is 12.4. The molecule has 0 saturated carbocycles. The predicted octanol–water partition coefficient (Wildman–Crippen LogP) is 3.37. The van der Waals surface area contributed by atoms with Crippen molar-refractivity contribution >= 4 is 5.91 Å². The maximum Gasteiger partial charge on any atom is 0.253 e. The van der Waals surface area contributed by atoms with Crippen LogP contribution in [0.2, 0.25) is 0 Å². The number of benzene rings is 2. The van der Waals surface area contributed by atoms with Gasteiger partial charge < -0.3 is 9.64 Å². The molecule has 1 atom stereocenters. The normalized spacial score (nSPS) is 11.0. The van der Waals surface area contributed by atoms with E-state index in [2.05, 4.69) is 12.1 Å². The zero-order chi connectivity index (χ0) is 18.2. The van der Waals surface area contributed by atoms with E-state index in [0.29, 0.717) is 23.4 Å². The van der Waals surface area contributed by atoms with Crippen LogP contribution in [0.5, 0.6) is 5.75 Å². The number of ether oxygens (including phenoxy) is 1. The number of nitrogens with zero attached hydrogens (tertiary/aromatic N) is 3. The van der Waals surface area contributed by atoms with E-state index in [0.717, 1.165) is 5.56 Å². The number of amides is 1. The van der Waals surface area contributed by atoms with E-state index in [1.165, 1.54) is 4.90 Å². The standard InChI is InChI=1S/C20H19N3O2/c1-15(11-21)13-23(2)20(24)16-8-5-9-19(10-16)25-14-18-7-4-3-6-17(18)12-22/h3-10,15H,13-14H2,1-2H3/t15-/m0/s1. The van der Waals surface area contributed by atoms with Gasteiger partial charge in [0.2, 0.25) is 0 Å². The number of rotatable bonds is 6. The molecule has 2 aromatic rings. The Balaban J connectivity index is 2.07. The van der Waals surface area contributed by atoms with E-state index in [4.69, 9.17) is 15.3 Å². The summed E-state index contributed by atoms with van der Waals surface area (Å²) >= 11 is 0. The van der Waals surface area contributed by atoms with Crippen LogP contribution < -0.4 is 4.74 Å². The Hall–Kier alpha value is -3.31. The second-order valence-electron chi connectivity index (χ2n) is 5.80. The molecule has 0 aromatic heterocycles. The van der Waals surface area contributed by atoms with Gasteiger partial charge in [0.15, 0.2) is 0 Å². The van der Waals surface area contributed by atoms with Crippen LogP contribution >= 0.6 is 0 Å². The molecule has 0 aliphatic carbocycles. The van der Waals surface area contributed by atoms with Crippen LogP contribution in [0, 0.1) is 28.6 Å². The van der Waals surface area contributed by atoms with Crippen molar-refractivity contribution in [1.29, 1.82) is 10.5 Å². The molecule has 1 amide bonds. The summed E-state index contributed by atoms with van der Waals surface area (Å²) in [6.07, 6.45) is 0. The first kappa shape index (κ1) is 18.0. The Morgan fingerprint density at radius 2 is 1.96 bits per heavy atom. The minimum absolute atomic E-state index is 0.162. The third kappa shape index (κ3) is 4.83. The topological polar surface area (TPSA) is 77.1 Å². The lowest BCUT2D eigenvalue weighted by Gasteiger charge is -2.18. The third-order valence-corrected chi connectivity index (χ3v) is 3.73. The van der Waals surface area contributed by atoms with Crippen molar-refractivity contribution in [2.45, 2.75) is 13.5 Å². The average molecular weight is 333 g/mol. The summed E-state index contributed by atoms with van der Waals surface area (Å²) in [6, 6.07) is 18.4.